The number of piperidine rings is 1. The number of allylic oxidation sites excluding steroid dienone is 1. The molecule has 27 heavy (non-hydrogen) atoms. The zero-order valence-corrected chi connectivity index (χ0v) is 16.1. The highest BCUT2D eigenvalue weighted by atomic mass is 16.6. The van der Waals surface area contributed by atoms with Crippen molar-refractivity contribution in [3.8, 4) is 5.75 Å². The molecule has 146 valence electrons. The third kappa shape index (κ3) is 3.62. The molecule has 0 atom stereocenters. The van der Waals surface area contributed by atoms with Crippen molar-refractivity contribution in [1.29, 1.82) is 5.41 Å². The summed E-state index contributed by atoms with van der Waals surface area (Å²) in [6.45, 7) is 4.07. The van der Waals surface area contributed by atoms with Crippen molar-refractivity contribution in [3.63, 3.8) is 0 Å². The zero-order valence-electron chi connectivity index (χ0n) is 16.1. The fourth-order valence-corrected chi connectivity index (χ4v) is 4.35. The number of hydrogen-bond acceptors (Lipinski definition) is 7. The van der Waals surface area contributed by atoms with E-state index < -0.39 is 4.92 Å². The van der Waals surface area contributed by atoms with E-state index in [0.717, 1.165) is 44.7 Å². The average molecular weight is 373 g/mol. The Balaban J connectivity index is 1.98. The van der Waals surface area contributed by atoms with Gasteiger partial charge in [0.25, 0.3) is 0 Å². The fourth-order valence-electron chi connectivity index (χ4n) is 4.35. The zero-order chi connectivity index (χ0) is 19.6. The van der Waals surface area contributed by atoms with Crippen LogP contribution in [0.5, 0.6) is 5.75 Å². The van der Waals surface area contributed by atoms with Crippen LogP contribution in [0, 0.1) is 20.9 Å². The minimum atomic E-state index is -0.442. The second kappa shape index (κ2) is 7.56. The minimum Gasteiger partial charge on any atom is -0.490 e. The number of nitrogens with zero attached hydrogens (tertiary/aromatic N) is 3. The number of anilines is 1. The van der Waals surface area contributed by atoms with Crippen LogP contribution < -0.4 is 15.0 Å². The van der Waals surface area contributed by atoms with E-state index in [9.17, 15) is 10.1 Å². The van der Waals surface area contributed by atoms with E-state index in [1.54, 1.807) is 19.3 Å². The molecule has 3 rings (SSSR count). The van der Waals surface area contributed by atoms with E-state index in [1.165, 1.54) is 19.4 Å². The summed E-state index contributed by atoms with van der Waals surface area (Å²) < 4.78 is 5.29. The summed E-state index contributed by atoms with van der Waals surface area (Å²) >= 11 is 0. The Kier molecular flexibility index (Phi) is 5.36. The molecule has 0 aromatic heterocycles. The fraction of sp³-hybridized carbons (Fsp3) is 0.526. The molecule has 2 heterocycles. The van der Waals surface area contributed by atoms with Crippen molar-refractivity contribution in [3.05, 3.63) is 34.0 Å². The first-order valence-corrected chi connectivity index (χ1v) is 9.11. The minimum absolute atomic E-state index is 0.0887. The molecule has 0 unspecified atom stereocenters. The summed E-state index contributed by atoms with van der Waals surface area (Å²) in [5.41, 5.74) is 2.48. The third-order valence-electron chi connectivity index (χ3n) is 5.64. The molecule has 2 fully saturated rings. The van der Waals surface area contributed by atoms with Crippen LogP contribution in [0.2, 0.25) is 0 Å². The Morgan fingerprint density at radius 2 is 2.04 bits per heavy atom. The molecule has 0 radical (unpaired) electrons. The van der Waals surface area contributed by atoms with Gasteiger partial charge in [-0.15, -0.1) is 0 Å². The second-order valence-corrected chi connectivity index (χ2v) is 7.49. The van der Waals surface area contributed by atoms with Crippen LogP contribution in [0.4, 0.5) is 11.4 Å². The lowest BCUT2D eigenvalue weighted by Crippen LogP contribution is -2.58. The molecule has 0 aliphatic carbocycles. The van der Waals surface area contributed by atoms with Gasteiger partial charge in [-0.3, -0.25) is 10.1 Å². The number of nitro benzene ring substituents is 1. The number of likely N-dealkylation sites (tertiary alicyclic amines) is 1. The van der Waals surface area contributed by atoms with Crippen LogP contribution in [-0.2, 0) is 0 Å². The van der Waals surface area contributed by atoms with Crippen LogP contribution in [0.3, 0.4) is 0 Å². The average Bonchev–Trinajstić information content (AvgIpc) is 2.64. The Morgan fingerprint density at radius 3 is 2.52 bits per heavy atom. The van der Waals surface area contributed by atoms with Gasteiger partial charge in [0.2, 0.25) is 0 Å². The van der Waals surface area contributed by atoms with E-state index in [2.05, 4.69) is 22.2 Å². The summed E-state index contributed by atoms with van der Waals surface area (Å²) in [5, 5.41) is 22.1. The Labute approximate surface area is 159 Å². The molecule has 1 aromatic carbocycles. The quantitative estimate of drug-likeness (QED) is 0.452. The van der Waals surface area contributed by atoms with Crippen molar-refractivity contribution < 1.29 is 9.66 Å². The van der Waals surface area contributed by atoms with Gasteiger partial charge in [-0.25, -0.2) is 0 Å². The molecule has 2 aliphatic heterocycles. The van der Waals surface area contributed by atoms with Gasteiger partial charge in [0.05, 0.1) is 12.0 Å². The number of rotatable bonds is 6. The number of nitrogens with one attached hydrogen (secondary N) is 2. The maximum absolute atomic E-state index is 11.5. The number of nitro groups is 1. The molecule has 0 bridgehead atoms. The molecule has 8 heteroatoms. The maximum Gasteiger partial charge on any atom is 0.311 e. The predicted octanol–water partition coefficient (Wildman–Crippen LogP) is 2.35. The van der Waals surface area contributed by atoms with Crippen molar-refractivity contribution in [1.82, 2.24) is 10.2 Å². The van der Waals surface area contributed by atoms with Crippen molar-refractivity contribution >= 4 is 23.2 Å². The van der Waals surface area contributed by atoms with Gasteiger partial charge in [-0.2, -0.15) is 0 Å². The van der Waals surface area contributed by atoms with Gasteiger partial charge in [0, 0.05) is 74.6 Å². The van der Waals surface area contributed by atoms with E-state index in [-0.39, 0.29) is 11.4 Å². The Morgan fingerprint density at radius 1 is 1.37 bits per heavy atom. The Bertz CT molecular complexity index is 761. The topological polar surface area (TPSA) is 94.7 Å². The summed E-state index contributed by atoms with van der Waals surface area (Å²) in [7, 11) is 5.34. The highest BCUT2D eigenvalue weighted by Crippen LogP contribution is 2.43. The van der Waals surface area contributed by atoms with Crippen molar-refractivity contribution in [2.75, 3.05) is 52.3 Å². The van der Waals surface area contributed by atoms with Crippen LogP contribution in [-0.4, -0.2) is 63.4 Å². The summed E-state index contributed by atoms with van der Waals surface area (Å²) in [6.07, 6.45) is 5.11. The van der Waals surface area contributed by atoms with Crippen LogP contribution in [0.25, 0.3) is 5.57 Å². The normalized spacial score (nSPS) is 19.5. The number of methoxy groups -OCH3 is 1. The highest BCUT2D eigenvalue weighted by Gasteiger charge is 2.43. The summed E-state index contributed by atoms with van der Waals surface area (Å²) in [4.78, 5) is 15.6. The van der Waals surface area contributed by atoms with Gasteiger partial charge < -0.3 is 25.3 Å². The SMILES string of the molecule is CN/C=C(\C=N)c1cc([N+](=O)[O-])c(OC)cc1N1CCC2(CC1)CN(C)C2. The van der Waals surface area contributed by atoms with E-state index in [1.807, 2.05) is 0 Å². The molecule has 0 saturated carbocycles. The predicted molar refractivity (Wildman–Crippen MR) is 107 cm³/mol. The molecule has 1 aromatic rings. The second-order valence-electron chi connectivity index (χ2n) is 7.49. The van der Waals surface area contributed by atoms with Gasteiger partial charge >= 0.3 is 5.69 Å². The van der Waals surface area contributed by atoms with Gasteiger partial charge in [-0.1, -0.05) is 0 Å². The smallest absolute Gasteiger partial charge is 0.311 e. The number of benzene rings is 1. The number of ether oxygens (including phenoxy) is 1. The van der Waals surface area contributed by atoms with Gasteiger partial charge in [-0.05, 0) is 25.3 Å². The molecule has 2 aliphatic rings. The molecule has 2 N–H and O–H groups in total. The van der Waals surface area contributed by atoms with Gasteiger partial charge in [0.15, 0.2) is 5.75 Å². The van der Waals surface area contributed by atoms with E-state index in [0.29, 0.717) is 16.6 Å². The molecule has 2 saturated heterocycles. The first kappa shape index (κ1) is 19.2. The molecular weight excluding hydrogens is 346 g/mol. The summed E-state index contributed by atoms with van der Waals surface area (Å²) in [6, 6.07) is 3.26. The number of hydrogen-bond donors (Lipinski definition) is 2. The first-order chi connectivity index (χ1) is 12.9. The van der Waals surface area contributed by atoms with Crippen LogP contribution in [0.15, 0.2) is 18.3 Å². The van der Waals surface area contributed by atoms with E-state index in [4.69, 9.17) is 10.1 Å². The maximum atomic E-state index is 11.5. The van der Waals surface area contributed by atoms with E-state index >= 15 is 0 Å². The first-order valence-electron chi connectivity index (χ1n) is 9.11. The lowest BCUT2D eigenvalue weighted by atomic mass is 9.72. The lowest BCUT2D eigenvalue weighted by molar-refractivity contribution is -0.385. The Hall–Kier alpha value is -2.61. The molecule has 0 amide bonds. The highest BCUT2D eigenvalue weighted by molar-refractivity contribution is 6.11. The largest absolute Gasteiger partial charge is 0.490 e. The van der Waals surface area contributed by atoms with Crippen LogP contribution in [0.1, 0.15) is 18.4 Å². The lowest BCUT2D eigenvalue weighted by Gasteiger charge is -2.53. The van der Waals surface area contributed by atoms with Gasteiger partial charge in [0.1, 0.15) is 0 Å². The molecular formula is C19H27N5O3. The standard InChI is InChI=1S/C19H27N5O3/c1-21-11-14(10-20)15-8-17(24(25)26)18(27-3)9-16(15)23-6-4-19(5-7-23)12-22(2)13-19/h8-11,20-21H,4-7,12-13H2,1-3H3/b14-11+,20-10?. The summed E-state index contributed by atoms with van der Waals surface area (Å²) in [5.74, 6) is 0.246. The third-order valence-corrected chi connectivity index (χ3v) is 5.64. The van der Waals surface area contributed by atoms with Crippen molar-refractivity contribution in [2.24, 2.45) is 5.41 Å². The molecule has 8 nitrogen and oxygen atoms in total. The monoisotopic (exact) mass is 373 g/mol. The van der Waals surface area contributed by atoms with Crippen LogP contribution >= 0.6 is 0 Å². The van der Waals surface area contributed by atoms with Crippen molar-refractivity contribution in [2.45, 2.75) is 12.8 Å². The molecule has 1 spiro atoms.